The molecule has 5 unspecified atom stereocenters. The van der Waals surface area contributed by atoms with Gasteiger partial charge in [0.1, 0.15) is 5.54 Å². The quantitative estimate of drug-likeness (QED) is 0.721. The molecule has 21 heavy (non-hydrogen) atoms. The van der Waals surface area contributed by atoms with Crippen molar-refractivity contribution < 1.29 is 14.6 Å². The maximum Gasteiger partial charge on any atom is 0.323 e. The molecule has 1 rings (SSSR count). The lowest BCUT2D eigenvalue weighted by Gasteiger charge is -2.35. The fourth-order valence-corrected chi connectivity index (χ4v) is 3.21. The van der Waals surface area contributed by atoms with Crippen LogP contribution < -0.4 is 5.32 Å². The summed E-state index contributed by atoms with van der Waals surface area (Å²) in [7, 11) is 0. The molecule has 124 valence electrons. The molecule has 0 aromatic rings. The Bertz CT molecular complexity index is 334. The summed E-state index contributed by atoms with van der Waals surface area (Å²) < 4.78 is 6.13. The molecule has 1 saturated carbocycles. The number of hydrogen-bond acceptors (Lipinski definition) is 3. The Hall–Kier alpha value is -0.610. The van der Waals surface area contributed by atoms with Crippen LogP contribution >= 0.6 is 0 Å². The zero-order chi connectivity index (χ0) is 16.0. The van der Waals surface area contributed by atoms with E-state index in [0.717, 1.165) is 25.2 Å². The number of carbonyl (C=O) groups is 1. The van der Waals surface area contributed by atoms with Crippen molar-refractivity contribution in [2.75, 3.05) is 6.54 Å². The summed E-state index contributed by atoms with van der Waals surface area (Å²) >= 11 is 0. The second-order valence-electron chi connectivity index (χ2n) is 7.10. The van der Waals surface area contributed by atoms with Gasteiger partial charge in [-0.15, -0.1) is 0 Å². The number of aliphatic carboxylic acids is 1. The fourth-order valence-electron chi connectivity index (χ4n) is 3.21. The summed E-state index contributed by atoms with van der Waals surface area (Å²) in [6.45, 7) is 11.1. The van der Waals surface area contributed by atoms with Crippen molar-refractivity contribution in [2.45, 2.75) is 84.5 Å². The molecule has 4 nitrogen and oxygen atoms in total. The molecular weight excluding hydrogens is 266 g/mol. The van der Waals surface area contributed by atoms with Gasteiger partial charge in [0.15, 0.2) is 0 Å². The molecular formula is C17H33NO3. The summed E-state index contributed by atoms with van der Waals surface area (Å²) in [5.74, 6) is 0.674. The predicted octanol–water partition coefficient (Wildman–Crippen LogP) is 3.45. The lowest BCUT2D eigenvalue weighted by molar-refractivity contribution is -0.146. The van der Waals surface area contributed by atoms with Gasteiger partial charge in [-0.25, -0.2) is 0 Å². The first-order chi connectivity index (χ1) is 9.78. The third-order valence-corrected chi connectivity index (χ3v) is 4.91. The van der Waals surface area contributed by atoms with E-state index in [1.54, 1.807) is 6.92 Å². The van der Waals surface area contributed by atoms with Gasteiger partial charge in [-0.05, 0) is 57.9 Å². The van der Waals surface area contributed by atoms with E-state index in [1.807, 2.05) is 13.8 Å². The first-order valence-electron chi connectivity index (χ1n) is 8.42. The highest BCUT2D eigenvalue weighted by Gasteiger charge is 2.35. The van der Waals surface area contributed by atoms with E-state index in [4.69, 9.17) is 4.74 Å². The Balaban J connectivity index is 2.50. The van der Waals surface area contributed by atoms with Crippen LogP contribution in [0.2, 0.25) is 0 Å². The number of rotatable bonds is 8. The normalized spacial score (nSPS) is 30.6. The fraction of sp³-hybridized carbons (Fsp3) is 0.941. The number of ether oxygens (including phenoxy) is 1. The second-order valence-corrected chi connectivity index (χ2v) is 7.10. The van der Waals surface area contributed by atoms with Crippen LogP contribution in [0, 0.1) is 11.8 Å². The van der Waals surface area contributed by atoms with Crippen molar-refractivity contribution in [3.8, 4) is 0 Å². The highest BCUT2D eigenvalue weighted by Crippen LogP contribution is 2.32. The lowest BCUT2D eigenvalue weighted by atomic mass is 9.80. The molecule has 0 aromatic carbocycles. The maximum atomic E-state index is 11.5. The van der Waals surface area contributed by atoms with Crippen molar-refractivity contribution in [3.63, 3.8) is 0 Å². The third kappa shape index (κ3) is 5.59. The molecule has 2 N–H and O–H groups in total. The van der Waals surface area contributed by atoms with E-state index >= 15 is 0 Å². The lowest BCUT2D eigenvalue weighted by Crippen LogP contribution is -2.52. The largest absolute Gasteiger partial charge is 0.480 e. The van der Waals surface area contributed by atoms with Gasteiger partial charge < -0.3 is 15.2 Å². The van der Waals surface area contributed by atoms with Crippen molar-refractivity contribution in [3.05, 3.63) is 0 Å². The van der Waals surface area contributed by atoms with Crippen LogP contribution in [0.3, 0.4) is 0 Å². The summed E-state index contributed by atoms with van der Waals surface area (Å²) in [5, 5.41) is 12.6. The topological polar surface area (TPSA) is 58.6 Å². The van der Waals surface area contributed by atoms with E-state index in [9.17, 15) is 9.90 Å². The second kappa shape index (κ2) is 8.14. The Morgan fingerprint density at radius 2 is 2.05 bits per heavy atom. The molecule has 0 amide bonds. The zero-order valence-electron chi connectivity index (χ0n) is 14.3. The van der Waals surface area contributed by atoms with E-state index in [-0.39, 0.29) is 12.2 Å². The van der Waals surface area contributed by atoms with Crippen LogP contribution in [-0.4, -0.2) is 35.4 Å². The van der Waals surface area contributed by atoms with Crippen molar-refractivity contribution in [1.29, 1.82) is 0 Å². The Morgan fingerprint density at radius 1 is 1.38 bits per heavy atom. The van der Waals surface area contributed by atoms with Crippen LogP contribution in [0.4, 0.5) is 0 Å². The van der Waals surface area contributed by atoms with Crippen molar-refractivity contribution >= 4 is 5.97 Å². The summed E-state index contributed by atoms with van der Waals surface area (Å²) in [5.41, 5.74) is -0.900. The number of hydrogen-bond donors (Lipinski definition) is 2. The molecule has 0 radical (unpaired) electrons. The van der Waals surface area contributed by atoms with Gasteiger partial charge in [-0.2, -0.15) is 0 Å². The Morgan fingerprint density at radius 3 is 2.57 bits per heavy atom. The zero-order valence-corrected chi connectivity index (χ0v) is 14.3. The minimum atomic E-state index is -0.900. The van der Waals surface area contributed by atoms with Crippen LogP contribution in [0.25, 0.3) is 0 Å². The first kappa shape index (κ1) is 18.4. The van der Waals surface area contributed by atoms with E-state index in [1.165, 1.54) is 6.42 Å². The highest BCUT2D eigenvalue weighted by atomic mass is 16.5. The smallest absolute Gasteiger partial charge is 0.323 e. The molecule has 0 saturated heterocycles. The summed E-state index contributed by atoms with van der Waals surface area (Å²) in [6.07, 6.45) is 5.08. The van der Waals surface area contributed by atoms with Crippen LogP contribution in [0.5, 0.6) is 0 Å². The minimum Gasteiger partial charge on any atom is -0.480 e. The van der Waals surface area contributed by atoms with Gasteiger partial charge in [0.2, 0.25) is 0 Å². The predicted molar refractivity (Wildman–Crippen MR) is 85.5 cm³/mol. The SMILES string of the molecule is CCCNC(C)(CC(C)OC1CCC(C)C(C)C1)C(=O)O. The van der Waals surface area contributed by atoms with E-state index in [2.05, 4.69) is 19.2 Å². The first-order valence-corrected chi connectivity index (χ1v) is 8.42. The van der Waals surface area contributed by atoms with Gasteiger partial charge in [0.05, 0.1) is 12.2 Å². The standard InChI is InChI=1S/C17H33NO3/c1-6-9-18-17(5,16(19)20)11-14(4)21-15-8-7-12(2)13(3)10-15/h12-15,18H,6-11H2,1-5H3,(H,19,20). The van der Waals surface area contributed by atoms with Gasteiger partial charge in [-0.1, -0.05) is 20.8 Å². The third-order valence-electron chi connectivity index (χ3n) is 4.91. The monoisotopic (exact) mass is 299 g/mol. The number of nitrogens with one attached hydrogen (secondary N) is 1. The Labute approximate surface area is 129 Å². The maximum absolute atomic E-state index is 11.5. The van der Waals surface area contributed by atoms with Gasteiger partial charge in [0, 0.05) is 6.42 Å². The summed E-state index contributed by atoms with van der Waals surface area (Å²) in [4.78, 5) is 11.5. The molecule has 1 aliphatic carbocycles. The molecule has 0 heterocycles. The number of carboxylic acid groups (broad SMARTS) is 1. The van der Waals surface area contributed by atoms with Crippen LogP contribution in [0.15, 0.2) is 0 Å². The molecule has 0 spiro atoms. The molecule has 5 atom stereocenters. The summed E-state index contributed by atoms with van der Waals surface area (Å²) in [6, 6.07) is 0. The average molecular weight is 299 g/mol. The van der Waals surface area contributed by atoms with Crippen molar-refractivity contribution in [1.82, 2.24) is 5.32 Å². The van der Waals surface area contributed by atoms with Gasteiger partial charge >= 0.3 is 5.97 Å². The van der Waals surface area contributed by atoms with Crippen LogP contribution in [-0.2, 0) is 9.53 Å². The van der Waals surface area contributed by atoms with Gasteiger partial charge in [0.25, 0.3) is 0 Å². The molecule has 1 fully saturated rings. The van der Waals surface area contributed by atoms with E-state index in [0.29, 0.717) is 18.9 Å². The number of carboxylic acids is 1. The minimum absolute atomic E-state index is 0.0407. The molecule has 0 bridgehead atoms. The van der Waals surface area contributed by atoms with Crippen LogP contribution in [0.1, 0.15) is 66.7 Å². The molecule has 0 aromatic heterocycles. The van der Waals surface area contributed by atoms with E-state index < -0.39 is 11.5 Å². The average Bonchev–Trinajstić information content (AvgIpc) is 2.40. The molecule has 0 aliphatic heterocycles. The highest BCUT2D eigenvalue weighted by molar-refractivity contribution is 5.78. The van der Waals surface area contributed by atoms with Crippen molar-refractivity contribution in [2.24, 2.45) is 11.8 Å². The Kier molecular flexibility index (Phi) is 7.14. The van der Waals surface area contributed by atoms with Gasteiger partial charge in [-0.3, -0.25) is 4.79 Å². The molecule has 1 aliphatic rings. The molecule has 4 heteroatoms.